The summed E-state index contributed by atoms with van der Waals surface area (Å²) in [4.78, 5) is 16.0. The van der Waals surface area contributed by atoms with E-state index in [0.717, 1.165) is 6.42 Å². The molecule has 94 valence electrons. The van der Waals surface area contributed by atoms with Crippen LogP contribution < -0.4 is 5.73 Å². The standard InChI is InChI=1S/C12H25N3O/c1-9(13)12(16)15(4)11-8-6-5-7-10(11)14(2)3/h9-11H,5-8,13H2,1-4H3/t9-,10?,11?/m0/s1. The first-order valence-corrected chi connectivity index (χ1v) is 6.13. The van der Waals surface area contributed by atoms with Gasteiger partial charge >= 0.3 is 0 Å². The molecule has 1 saturated carbocycles. The third kappa shape index (κ3) is 2.95. The van der Waals surface area contributed by atoms with Crippen LogP contribution in [0.5, 0.6) is 0 Å². The minimum atomic E-state index is -0.394. The highest BCUT2D eigenvalue weighted by molar-refractivity contribution is 5.81. The summed E-state index contributed by atoms with van der Waals surface area (Å²) in [7, 11) is 6.07. The maximum absolute atomic E-state index is 11.9. The summed E-state index contributed by atoms with van der Waals surface area (Å²) >= 11 is 0. The fraction of sp³-hybridized carbons (Fsp3) is 0.917. The molecule has 1 rings (SSSR count). The highest BCUT2D eigenvalue weighted by atomic mass is 16.2. The SMILES string of the molecule is C[C@H](N)C(=O)N(C)C1CCCCC1N(C)C. The smallest absolute Gasteiger partial charge is 0.239 e. The Morgan fingerprint density at radius 1 is 1.19 bits per heavy atom. The van der Waals surface area contributed by atoms with Crippen molar-refractivity contribution in [2.75, 3.05) is 21.1 Å². The molecule has 0 aromatic carbocycles. The monoisotopic (exact) mass is 227 g/mol. The van der Waals surface area contributed by atoms with Crippen LogP contribution >= 0.6 is 0 Å². The first-order valence-electron chi connectivity index (χ1n) is 6.13. The molecule has 4 heteroatoms. The van der Waals surface area contributed by atoms with Crippen LogP contribution in [-0.4, -0.2) is 55.0 Å². The van der Waals surface area contributed by atoms with Gasteiger partial charge < -0.3 is 15.5 Å². The second kappa shape index (κ2) is 5.64. The number of hydrogen-bond donors (Lipinski definition) is 1. The van der Waals surface area contributed by atoms with Crippen molar-refractivity contribution in [3.8, 4) is 0 Å². The van der Waals surface area contributed by atoms with E-state index in [1.807, 2.05) is 11.9 Å². The van der Waals surface area contributed by atoms with Crippen LogP contribution in [0.3, 0.4) is 0 Å². The van der Waals surface area contributed by atoms with Gasteiger partial charge in [-0.1, -0.05) is 12.8 Å². The van der Waals surface area contributed by atoms with Crippen LogP contribution in [-0.2, 0) is 4.79 Å². The normalized spacial score (nSPS) is 27.9. The van der Waals surface area contributed by atoms with Gasteiger partial charge in [-0.2, -0.15) is 0 Å². The van der Waals surface area contributed by atoms with E-state index in [2.05, 4.69) is 19.0 Å². The van der Waals surface area contributed by atoms with E-state index in [4.69, 9.17) is 5.73 Å². The number of nitrogens with two attached hydrogens (primary N) is 1. The second-order valence-electron chi connectivity index (χ2n) is 5.12. The number of nitrogens with zero attached hydrogens (tertiary/aromatic N) is 2. The Morgan fingerprint density at radius 3 is 2.12 bits per heavy atom. The summed E-state index contributed by atoms with van der Waals surface area (Å²) in [6.07, 6.45) is 4.75. The van der Waals surface area contributed by atoms with Gasteiger partial charge in [-0.25, -0.2) is 0 Å². The number of amides is 1. The maximum Gasteiger partial charge on any atom is 0.239 e. The fourth-order valence-electron chi connectivity index (χ4n) is 2.63. The molecule has 0 aromatic rings. The molecular formula is C12H25N3O. The molecule has 2 N–H and O–H groups in total. The van der Waals surface area contributed by atoms with Crippen molar-refractivity contribution in [1.82, 2.24) is 9.80 Å². The van der Waals surface area contributed by atoms with E-state index in [9.17, 15) is 4.79 Å². The summed E-state index contributed by atoms with van der Waals surface area (Å²) in [6.45, 7) is 1.76. The van der Waals surface area contributed by atoms with Crippen LogP contribution in [0.4, 0.5) is 0 Å². The lowest BCUT2D eigenvalue weighted by atomic mass is 9.88. The molecule has 0 heterocycles. The number of carbonyl (C=O) groups is 1. The van der Waals surface area contributed by atoms with Crippen molar-refractivity contribution in [1.29, 1.82) is 0 Å². The molecule has 2 unspecified atom stereocenters. The van der Waals surface area contributed by atoms with Gasteiger partial charge in [0.25, 0.3) is 0 Å². The molecule has 4 nitrogen and oxygen atoms in total. The highest BCUT2D eigenvalue weighted by Gasteiger charge is 2.32. The van der Waals surface area contributed by atoms with E-state index >= 15 is 0 Å². The van der Waals surface area contributed by atoms with Crippen LogP contribution in [0.25, 0.3) is 0 Å². The summed E-state index contributed by atoms with van der Waals surface area (Å²) in [5.74, 6) is 0.0544. The van der Waals surface area contributed by atoms with E-state index in [-0.39, 0.29) is 5.91 Å². The first-order chi connectivity index (χ1) is 7.45. The topological polar surface area (TPSA) is 49.6 Å². The Labute approximate surface area is 98.8 Å². The zero-order chi connectivity index (χ0) is 12.3. The Morgan fingerprint density at radius 2 is 1.69 bits per heavy atom. The number of rotatable bonds is 3. The molecule has 3 atom stereocenters. The quantitative estimate of drug-likeness (QED) is 0.771. The third-order valence-corrected chi connectivity index (χ3v) is 3.59. The molecule has 0 aromatic heterocycles. The van der Waals surface area contributed by atoms with Crippen molar-refractivity contribution < 1.29 is 4.79 Å². The van der Waals surface area contributed by atoms with Gasteiger partial charge in [-0.3, -0.25) is 4.79 Å². The summed E-state index contributed by atoms with van der Waals surface area (Å²) in [6, 6.07) is 0.401. The van der Waals surface area contributed by atoms with Crippen molar-refractivity contribution in [2.45, 2.75) is 50.7 Å². The van der Waals surface area contributed by atoms with Crippen molar-refractivity contribution >= 4 is 5.91 Å². The largest absolute Gasteiger partial charge is 0.340 e. The van der Waals surface area contributed by atoms with Gasteiger partial charge in [0.15, 0.2) is 0 Å². The predicted octanol–water partition coefficient (Wildman–Crippen LogP) is 0.665. The second-order valence-corrected chi connectivity index (χ2v) is 5.12. The first kappa shape index (κ1) is 13.5. The lowest BCUT2D eigenvalue weighted by molar-refractivity contribution is -0.134. The van der Waals surface area contributed by atoms with Crippen LogP contribution in [0.2, 0.25) is 0 Å². The number of carbonyl (C=O) groups excluding carboxylic acids is 1. The molecule has 0 saturated heterocycles. The van der Waals surface area contributed by atoms with Gasteiger partial charge in [0.05, 0.1) is 6.04 Å². The summed E-state index contributed by atoms with van der Waals surface area (Å²) in [5.41, 5.74) is 5.66. The molecule has 0 spiro atoms. The maximum atomic E-state index is 11.9. The van der Waals surface area contributed by atoms with Gasteiger partial charge in [0.2, 0.25) is 5.91 Å². The lowest BCUT2D eigenvalue weighted by Crippen LogP contribution is -2.54. The number of hydrogen-bond acceptors (Lipinski definition) is 3. The Balaban J connectivity index is 2.71. The Bertz CT molecular complexity index is 240. The minimum absolute atomic E-state index is 0.0544. The van der Waals surface area contributed by atoms with E-state index < -0.39 is 6.04 Å². The highest BCUT2D eigenvalue weighted by Crippen LogP contribution is 2.25. The molecule has 0 radical (unpaired) electrons. The van der Waals surface area contributed by atoms with Gasteiger partial charge in [-0.05, 0) is 33.9 Å². The minimum Gasteiger partial charge on any atom is -0.340 e. The Hall–Kier alpha value is -0.610. The lowest BCUT2D eigenvalue weighted by Gasteiger charge is -2.41. The van der Waals surface area contributed by atoms with E-state index in [0.29, 0.717) is 12.1 Å². The number of likely N-dealkylation sites (N-methyl/N-ethyl adjacent to an activating group) is 2. The van der Waals surface area contributed by atoms with Crippen molar-refractivity contribution in [3.63, 3.8) is 0 Å². The molecule has 1 fully saturated rings. The average Bonchev–Trinajstić information content (AvgIpc) is 2.26. The third-order valence-electron chi connectivity index (χ3n) is 3.59. The van der Waals surface area contributed by atoms with Gasteiger partial charge in [-0.15, -0.1) is 0 Å². The molecular weight excluding hydrogens is 202 g/mol. The molecule has 1 aliphatic rings. The van der Waals surface area contributed by atoms with E-state index in [1.54, 1.807) is 6.92 Å². The zero-order valence-corrected chi connectivity index (χ0v) is 10.9. The Kier molecular flexibility index (Phi) is 4.74. The van der Waals surface area contributed by atoms with E-state index in [1.165, 1.54) is 19.3 Å². The molecule has 1 amide bonds. The van der Waals surface area contributed by atoms with Crippen molar-refractivity contribution in [3.05, 3.63) is 0 Å². The molecule has 1 aliphatic carbocycles. The molecule has 16 heavy (non-hydrogen) atoms. The van der Waals surface area contributed by atoms with Crippen LogP contribution in [0, 0.1) is 0 Å². The van der Waals surface area contributed by atoms with Crippen LogP contribution in [0.15, 0.2) is 0 Å². The average molecular weight is 227 g/mol. The zero-order valence-electron chi connectivity index (χ0n) is 10.9. The molecule has 0 bridgehead atoms. The fourth-order valence-corrected chi connectivity index (χ4v) is 2.63. The summed E-state index contributed by atoms with van der Waals surface area (Å²) in [5, 5.41) is 0. The summed E-state index contributed by atoms with van der Waals surface area (Å²) < 4.78 is 0. The van der Waals surface area contributed by atoms with Gasteiger partial charge in [0, 0.05) is 19.1 Å². The predicted molar refractivity (Wildman–Crippen MR) is 66.2 cm³/mol. The van der Waals surface area contributed by atoms with Crippen LogP contribution in [0.1, 0.15) is 32.6 Å². The van der Waals surface area contributed by atoms with Gasteiger partial charge in [0.1, 0.15) is 0 Å². The molecule has 0 aliphatic heterocycles. The van der Waals surface area contributed by atoms with Crippen molar-refractivity contribution in [2.24, 2.45) is 5.73 Å².